The number of hydrogen-bond acceptors (Lipinski definition) is 2. The van der Waals surface area contributed by atoms with E-state index < -0.39 is 6.04 Å². The van der Waals surface area contributed by atoms with E-state index in [0.717, 1.165) is 29.5 Å². The number of benzene rings is 2. The molecule has 28 heavy (non-hydrogen) atoms. The first-order chi connectivity index (χ1) is 13.4. The quantitative estimate of drug-likeness (QED) is 0.717. The Morgan fingerprint density at radius 2 is 1.64 bits per heavy atom. The van der Waals surface area contributed by atoms with Crippen molar-refractivity contribution in [2.24, 2.45) is 0 Å². The second-order valence-corrected chi connectivity index (χ2v) is 7.42. The third-order valence-electron chi connectivity index (χ3n) is 5.26. The molecule has 0 fully saturated rings. The van der Waals surface area contributed by atoms with Crippen LogP contribution in [-0.4, -0.2) is 35.3 Å². The Balaban J connectivity index is 2.15. The summed E-state index contributed by atoms with van der Waals surface area (Å²) >= 11 is 0. The van der Waals surface area contributed by atoms with Gasteiger partial charge >= 0.3 is 0 Å². The van der Waals surface area contributed by atoms with Gasteiger partial charge in [-0.15, -0.1) is 0 Å². The van der Waals surface area contributed by atoms with E-state index >= 15 is 0 Å². The van der Waals surface area contributed by atoms with Crippen LogP contribution in [0.4, 0.5) is 0 Å². The molecule has 4 heteroatoms. The Kier molecular flexibility index (Phi) is 8.24. The van der Waals surface area contributed by atoms with Gasteiger partial charge in [0.05, 0.1) is 6.42 Å². The molecule has 2 unspecified atom stereocenters. The Bertz CT molecular complexity index is 773. The summed E-state index contributed by atoms with van der Waals surface area (Å²) in [7, 11) is 0. The summed E-state index contributed by atoms with van der Waals surface area (Å²) in [5.41, 5.74) is 3.26. The average Bonchev–Trinajstić information content (AvgIpc) is 2.70. The van der Waals surface area contributed by atoms with Crippen molar-refractivity contribution in [1.29, 1.82) is 0 Å². The van der Waals surface area contributed by atoms with Crippen LogP contribution in [0, 0.1) is 6.92 Å². The smallest absolute Gasteiger partial charge is 0.242 e. The molecule has 0 heterocycles. The maximum atomic E-state index is 13.1. The Morgan fingerprint density at radius 3 is 2.29 bits per heavy atom. The van der Waals surface area contributed by atoms with Gasteiger partial charge in [-0.3, -0.25) is 9.59 Å². The SMILES string of the molecule is CCC(C)NC(=O)C(C)N(CCc1ccccc1)C(=O)Cc1ccccc1C. The lowest BCUT2D eigenvalue weighted by Crippen LogP contribution is -2.50. The zero-order chi connectivity index (χ0) is 20.5. The highest BCUT2D eigenvalue weighted by atomic mass is 16.2. The van der Waals surface area contributed by atoms with Crippen LogP contribution in [0.2, 0.25) is 0 Å². The average molecular weight is 381 g/mol. The highest BCUT2D eigenvalue weighted by Crippen LogP contribution is 2.13. The molecule has 0 spiro atoms. The van der Waals surface area contributed by atoms with Crippen molar-refractivity contribution in [2.75, 3.05) is 6.54 Å². The van der Waals surface area contributed by atoms with E-state index in [9.17, 15) is 9.59 Å². The molecule has 0 saturated heterocycles. The van der Waals surface area contributed by atoms with Crippen LogP contribution in [-0.2, 0) is 22.4 Å². The maximum absolute atomic E-state index is 13.1. The van der Waals surface area contributed by atoms with Crippen LogP contribution >= 0.6 is 0 Å². The standard InChI is InChI=1S/C24H32N2O2/c1-5-19(3)25-24(28)20(4)26(16-15-21-12-7-6-8-13-21)23(27)17-22-14-10-9-11-18(22)2/h6-14,19-20H,5,15-17H2,1-4H3,(H,25,28). The number of amides is 2. The summed E-state index contributed by atoms with van der Waals surface area (Å²) in [6, 6.07) is 17.6. The summed E-state index contributed by atoms with van der Waals surface area (Å²) in [5, 5.41) is 3.01. The number of carbonyl (C=O) groups is 2. The van der Waals surface area contributed by atoms with Gasteiger partial charge in [0, 0.05) is 12.6 Å². The van der Waals surface area contributed by atoms with Gasteiger partial charge in [0.25, 0.3) is 0 Å². The van der Waals surface area contributed by atoms with Crippen LogP contribution in [0.15, 0.2) is 54.6 Å². The maximum Gasteiger partial charge on any atom is 0.242 e. The van der Waals surface area contributed by atoms with Crippen molar-refractivity contribution in [3.8, 4) is 0 Å². The number of aryl methyl sites for hydroxylation is 1. The number of nitrogens with zero attached hydrogens (tertiary/aromatic N) is 1. The van der Waals surface area contributed by atoms with Crippen molar-refractivity contribution >= 4 is 11.8 Å². The van der Waals surface area contributed by atoms with Crippen LogP contribution in [0.5, 0.6) is 0 Å². The Hall–Kier alpha value is -2.62. The lowest BCUT2D eigenvalue weighted by molar-refractivity contribution is -0.139. The molecular weight excluding hydrogens is 348 g/mol. The first-order valence-electron chi connectivity index (χ1n) is 10.1. The molecule has 2 aromatic rings. The normalized spacial score (nSPS) is 12.9. The van der Waals surface area contributed by atoms with E-state index in [4.69, 9.17) is 0 Å². The van der Waals surface area contributed by atoms with Crippen molar-refractivity contribution in [3.05, 3.63) is 71.3 Å². The fraction of sp³-hybridized carbons (Fsp3) is 0.417. The number of carbonyl (C=O) groups excluding carboxylic acids is 2. The van der Waals surface area contributed by atoms with E-state index in [0.29, 0.717) is 13.0 Å². The monoisotopic (exact) mass is 380 g/mol. The van der Waals surface area contributed by atoms with E-state index in [1.54, 1.807) is 4.90 Å². The van der Waals surface area contributed by atoms with Crippen LogP contribution in [0.25, 0.3) is 0 Å². The van der Waals surface area contributed by atoms with E-state index in [2.05, 4.69) is 5.32 Å². The van der Waals surface area contributed by atoms with Crippen molar-refractivity contribution in [1.82, 2.24) is 10.2 Å². The molecule has 0 aromatic heterocycles. The largest absolute Gasteiger partial charge is 0.352 e. The second kappa shape index (κ2) is 10.6. The summed E-state index contributed by atoms with van der Waals surface area (Å²) < 4.78 is 0. The molecule has 2 amide bonds. The predicted molar refractivity (Wildman–Crippen MR) is 114 cm³/mol. The zero-order valence-corrected chi connectivity index (χ0v) is 17.4. The first-order valence-corrected chi connectivity index (χ1v) is 10.1. The van der Waals surface area contributed by atoms with Crippen molar-refractivity contribution in [3.63, 3.8) is 0 Å². The van der Waals surface area contributed by atoms with Gasteiger partial charge < -0.3 is 10.2 Å². The molecule has 0 aliphatic rings. The molecule has 0 bridgehead atoms. The molecule has 0 aliphatic heterocycles. The van der Waals surface area contributed by atoms with E-state index in [1.807, 2.05) is 82.3 Å². The summed E-state index contributed by atoms with van der Waals surface area (Å²) in [6.45, 7) is 8.36. The summed E-state index contributed by atoms with van der Waals surface area (Å²) in [4.78, 5) is 27.5. The minimum Gasteiger partial charge on any atom is -0.352 e. The van der Waals surface area contributed by atoms with Gasteiger partial charge in [-0.1, -0.05) is 61.5 Å². The fourth-order valence-electron chi connectivity index (χ4n) is 3.11. The zero-order valence-electron chi connectivity index (χ0n) is 17.4. The van der Waals surface area contributed by atoms with Crippen LogP contribution < -0.4 is 5.32 Å². The predicted octanol–water partition coefficient (Wildman–Crippen LogP) is 3.91. The number of rotatable bonds is 9. The van der Waals surface area contributed by atoms with E-state index in [-0.39, 0.29) is 17.9 Å². The third-order valence-corrected chi connectivity index (χ3v) is 5.26. The Morgan fingerprint density at radius 1 is 1.00 bits per heavy atom. The van der Waals surface area contributed by atoms with Crippen molar-refractivity contribution < 1.29 is 9.59 Å². The first kappa shape index (κ1) is 21.7. The molecule has 2 atom stereocenters. The molecule has 0 radical (unpaired) electrons. The van der Waals surface area contributed by atoms with Crippen molar-refractivity contribution in [2.45, 2.75) is 59.0 Å². The van der Waals surface area contributed by atoms with E-state index in [1.165, 1.54) is 0 Å². The Labute approximate surface area is 169 Å². The molecular formula is C24H32N2O2. The number of hydrogen-bond donors (Lipinski definition) is 1. The van der Waals surface area contributed by atoms with Gasteiger partial charge in [-0.2, -0.15) is 0 Å². The van der Waals surface area contributed by atoms with Gasteiger partial charge in [0.2, 0.25) is 11.8 Å². The van der Waals surface area contributed by atoms with Gasteiger partial charge in [-0.25, -0.2) is 0 Å². The molecule has 4 nitrogen and oxygen atoms in total. The molecule has 0 aliphatic carbocycles. The van der Waals surface area contributed by atoms with Crippen LogP contribution in [0.1, 0.15) is 43.9 Å². The number of nitrogens with one attached hydrogen (secondary N) is 1. The van der Waals surface area contributed by atoms with Gasteiger partial charge in [0.1, 0.15) is 6.04 Å². The summed E-state index contributed by atoms with van der Waals surface area (Å²) in [6.07, 6.45) is 1.89. The molecule has 150 valence electrons. The summed E-state index contributed by atoms with van der Waals surface area (Å²) in [5.74, 6) is -0.113. The molecule has 2 rings (SSSR count). The minimum atomic E-state index is -0.505. The lowest BCUT2D eigenvalue weighted by Gasteiger charge is -2.30. The topological polar surface area (TPSA) is 49.4 Å². The van der Waals surface area contributed by atoms with Gasteiger partial charge in [0.15, 0.2) is 0 Å². The minimum absolute atomic E-state index is 0.0166. The third kappa shape index (κ3) is 6.22. The highest BCUT2D eigenvalue weighted by molar-refractivity contribution is 5.88. The molecule has 2 aromatic carbocycles. The highest BCUT2D eigenvalue weighted by Gasteiger charge is 2.26. The van der Waals surface area contributed by atoms with Crippen LogP contribution in [0.3, 0.4) is 0 Å². The second-order valence-electron chi connectivity index (χ2n) is 7.42. The van der Waals surface area contributed by atoms with Gasteiger partial charge in [-0.05, 0) is 50.3 Å². The lowest BCUT2D eigenvalue weighted by atomic mass is 10.0. The fourth-order valence-corrected chi connectivity index (χ4v) is 3.11. The molecule has 1 N–H and O–H groups in total. The molecule has 0 saturated carbocycles.